The van der Waals surface area contributed by atoms with Crippen LogP contribution in [0.4, 0.5) is 13.2 Å². The van der Waals surface area contributed by atoms with Crippen LogP contribution in [0.5, 0.6) is 0 Å². The molecule has 1 rings (SSSR count). The van der Waals surface area contributed by atoms with Gasteiger partial charge in [-0.05, 0) is 18.5 Å². The Morgan fingerprint density at radius 2 is 2.12 bits per heavy atom. The monoisotopic (exact) mass is 235 g/mol. The zero-order valence-corrected chi connectivity index (χ0v) is 9.38. The third kappa shape index (κ3) is 4.22. The lowest BCUT2D eigenvalue weighted by Gasteiger charge is -2.07. The minimum Gasteiger partial charge on any atom is -0.315 e. The zero-order chi connectivity index (χ0) is 12.2. The molecule has 3 nitrogen and oxygen atoms in total. The Morgan fingerprint density at radius 3 is 2.62 bits per heavy atom. The summed E-state index contributed by atoms with van der Waals surface area (Å²) < 4.78 is 37.9. The van der Waals surface area contributed by atoms with Gasteiger partial charge in [-0.25, -0.2) is 0 Å². The van der Waals surface area contributed by atoms with E-state index in [4.69, 9.17) is 0 Å². The van der Waals surface area contributed by atoms with E-state index in [9.17, 15) is 13.2 Å². The van der Waals surface area contributed by atoms with Crippen molar-refractivity contribution in [3.63, 3.8) is 0 Å². The fraction of sp³-hybridized carbons (Fsp3) is 0.700. The molecule has 16 heavy (non-hydrogen) atoms. The van der Waals surface area contributed by atoms with E-state index in [1.165, 1.54) is 10.9 Å². The smallest absolute Gasteiger partial charge is 0.315 e. The Labute approximate surface area is 92.6 Å². The molecule has 0 saturated carbocycles. The SMILES string of the molecule is CC(C)CNCCn1ccc(C(F)(F)F)n1. The molecule has 6 heteroatoms. The van der Waals surface area contributed by atoms with E-state index >= 15 is 0 Å². The average molecular weight is 235 g/mol. The van der Waals surface area contributed by atoms with Gasteiger partial charge in [0.25, 0.3) is 0 Å². The van der Waals surface area contributed by atoms with Crippen molar-refractivity contribution in [2.24, 2.45) is 5.92 Å². The number of hydrogen-bond donors (Lipinski definition) is 1. The molecule has 0 atom stereocenters. The highest BCUT2D eigenvalue weighted by Gasteiger charge is 2.33. The predicted octanol–water partition coefficient (Wildman–Crippen LogP) is 2.15. The van der Waals surface area contributed by atoms with Crippen molar-refractivity contribution in [3.05, 3.63) is 18.0 Å². The highest BCUT2D eigenvalue weighted by molar-refractivity contribution is 5.03. The third-order valence-corrected chi connectivity index (χ3v) is 2.00. The first-order valence-electron chi connectivity index (χ1n) is 5.21. The summed E-state index contributed by atoms with van der Waals surface area (Å²) in [7, 11) is 0. The van der Waals surface area contributed by atoms with E-state index < -0.39 is 11.9 Å². The van der Waals surface area contributed by atoms with Crippen molar-refractivity contribution in [2.75, 3.05) is 13.1 Å². The van der Waals surface area contributed by atoms with Gasteiger partial charge in [-0.1, -0.05) is 13.8 Å². The Balaban J connectivity index is 2.36. The van der Waals surface area contributed by atoms with Crippen molar-refractivity contribution in [1.82, 2.24) is 15.1 Å². The molecular formula is C10H16F3N3. The summed E-state index contributed by atoms with van der Waals surface area (Å²) >= 11 is 0. The molecule has 0 amide bonds. The summed E-state index contributed by atoms with van der Waals surface area (Å²) in [6.45, 7) is 6.07. The molecule has 0 aliphatic carbocycles. The van der Waals surface area contributed by atoms with Gasteiger partial charge in [-0.3, -0.25) is 4.68 Å². The molecular weight excluding hydrogens is 219 g/mol. The van der Waals surface area contributed by atoms with E-state index in [1.54, 1.807) is 0 Å². The van der Waals surface area contributed by atoms with Crippen molar-refractivity contribution >= 4 is 0 Å². The van der Waals surface area contributed by atoms with Gasteiger partial charge in [0.2, 0.25) is 0 Å². The van der Waals surface area contributed by atoms with Crippen LogP contribution in [0.2, 0.25) is 0 Å². The van der Waals surface area contributed by atoms with Crippen LogP contribution in [0.3, 0.4) is 0 Å². The molecule has 1 heterocycles. The van der Waals surface area contributed by atoms with Crippen LogP contribution in [-0.2, 0) is 12.7 Å². The molecule has 1 aromatic rings. The van der Waals surface area contributed by atoms with Crippen molar-refractivity contribution in [2.45, 2.75) is 26.6 Å². The largest absolute Gasteiger partial charge is 0.435 e. The van der Waals surface area contributed by atoms with Gasteiger partial charge >= 0.3 is 6.18 Å². The summed E-state index contributed by atoms with van der Waals surface area (Å²) in [4.78, 5) is 0. The van der Waals surface area contributed by atoms with Gasteiger partial charge in [0.15, 0.2) is 5.69 Å². The lowest BCUT2D eigenvalue weighted by Crippen LogP contribution is -2.24. The van der Waals surface area contributed by atoms with Crippen molar-refractivity contribution in [3.8, 4) is 0 Å². The average Bonchev–Trinajstić information content (AvgIpc) is 2.59. The Kier molecular flexibility index (Phi) is 4.35. The van der Waals surface area contributed by atoms with Gasteiger partial charge in [0, 0.05) is 12.7 Å². The van der Waals surface area contributed by atoms with Gasteiger partial charge < -0.3 is 5.32 Å². The summed E-state index contributed by atoms with van der Waals surface area (Å²) in [5.41, 5.74) is -0.837. The molecule has 0 aliphatic heterocycles. The van der Waals surface area contributed by atoms with Crippen LogP contribution in [0, 0.1) is 5.92 Å². The number of alkyl halides is 3. The quantitative estimate of drug-likeness (QED) is 0.792. The molecule has 1 N–H and O–H groups in total. The van der Waals surface area contributed by atoms with Crippen LogP contribution in [0.25, 0.3) is 0 Å². The van der Waals surface area contributed by atoms with Crippen LogP contribution < -0.4 is 5.32 Å². The lowest BCUT2D eigenvalue weighted by atomic mass is 10.2. The van der Waals surface area contributed by atoms with E-state index in [0.717, 1.165) is 12.6 Å². The van der Waals surface area contributed by atoms with Gasteiger partial charge in [-0.2, -0.15) is 18.3 Å². The second kappa shape index (κ2) is 5.34. The standard InChI is InChI=1S/C10H16F3N3/c1-8(2)7-14-4-6-16-5-3-9(15-16)10(11,12)13/h3,5,8,14H,4,6-7H2,1-2H3. The summed E-state index contributed by atoms with van der Waals surface area (Å²) in [6.07, 6.45) is -3.00. The first-order valence-corrected chi connectivity index (χ1v) is 5.21. The number of aromatic nitrogens is 2. The molecule has 0 unspecified atom stereocenters. The molecule has 92 valence electrons. The highest BCUT2D eigenvalue weighted by atomic mass is 19.4. The van der Waals surface area contributed by atoms with E-state index in [-0.39, 0.29) is 0 Å². The van der Waals surface area contributed by atoms with Gasteiger partial charge in [0.05, 0.1) is 6.54 Å². The maximum absolute atomic E-state index is 12.2. The molecule has 0 radical (unpaired) electrons. The van der Waals surface area contributed by atoms with Crippen LogP contribution >= 0.6 is 0 Å². The zero-order valence-electron chi connectivity index (χ0n) is 9.38. The predicted molar refractivity (Wildman–Crippen MR) is 54.9 cm³/mol. The number of rotatable bonds is 5. The molecule has 1 aromatic heterocycles. The van der Waals surface area contributed by atoms with Crippen LogP contribution in [0.15, 0.2) is 12.3 Å². The Morgan fingerprint density at radius 1 is 1.44 bits per heavy atom. The summed E-state index contributed by atoms with van der Waals surface area (Å²) in [6, 6.07) is 0.989. The van der Waals surface area contributed by atoms with Gasteiger partial charge in [0.1, 0.15) is 0 Å². The normalized spacial score (nSPS) is 12.4. The Bertz CT molecular complexity index is 317. The molecule has 0 bridgehead atoms. The highest BCUT2D eigenvalue weighted by Crippen LogP contribution is 2.26. The van der Waals surface area contributed by atoms with Gasteiger partial charge in [-0.15, -0.1) is 0 Å². The number of hydrogen-bond acceptors (Lipinski definition) is 2. The topological polar surface area (TPSA) is 29.9 Å². The lowest BCUT2D eigenvalue weighted by molar-refractivity contribution is -0.141. The fourth-order valence-corrected chi connectivity index (χ4v) is 1.22. The maximum atomic E-state index is 12.2. The number of nitrogens with zero attached hydrogens (tertiary/aromatic N) is 2. The molecule has 0 saturated heterocycles. The fourth-order valence-electron chi connectivity index (χ4n) is 1.22. The molecule has 0 spiro atoms. The third-order valence-electron chi connectivity index (χ3n) is 2.00. The summed E-state index contributed by atoms with van der Waals surface area (Å²) in [5, 5.41) is 6.59. The minimum absolute atomic E-state index is 0.447. The second-order valence-corrected chi connectivity index (χ2v) is 4.06. The maximum Gasteiger partial charge on any atom is 0.435 e. The van der Waals surface area contributed by atoms with Crippen molar-refractivity contribution in [1.29, 1.82) is 0 Å². The van der Waals surface area contributed by atoms with E-state index in [0.29, 0.717) is 19.0 Å². The minimum atomic E-state index is -4.35. The van der Waals surface area contributed by atoms with Crippen LogP contribution in [0.1, 0.15) is 19.5 Å². The second-order valence-electron chi connectivity index (χ2n) is 4.06. The number of nitrogens with one attached hydrogen (secondary N) is 1. The first-order chi connectivity index (χ1) is 7.39. The summed E-state index contributed by atoms with van der Waals surface area (Å²) in [5.74, 6) is 0.531. The number of halogens is 3. The van der Waals surface area contributed by atoms with Crippen molar-refractivity contribution < 1.29 is 13.2 Å². The van der Waals surface area contributed by atoms with Crippen LogP contribution in [-0.4, -0.2) is 22.9 Å². The van der Waals surface area contributed by atoms with E-state index in [2.05, 4.69) is 24.3 Å². The Hall–Kier alpha value is -1.04. The molecule has 0 fully saturated rings. The first kappa shape index (κ1) is 13.0. The van der Waals surface area contributed by atoms with E-state index in [1.807, 2.05) is 0 Å². The molecule has 0 aliphatic rings. The molecule has 0 aromatic carbocycles.